The molecule has 2 N–H and O–H groups in total. The van der Waals surface area contributed by atoms with Gasteiger partial charge in [-0.25, -0.2) is 4.98 Å². The normalized spacial score (nSPS) is 11.9. The van der Waals surface area contributed by atoms with E-state index in [0.29, 0.717) is 24.9 Å². The number of hydrogen-bond donors (Lipinski definition) is 2. The van der Waals surface area contributed by atoms with Crippen LogP contribution in [-0.4, -0.2) is 33.7 Å². The molecule has 6 heteroatoms. The Morgan fingerprint density at radius 3 is 2.94 bits per heavy atom. The van der Waals surface area contributed by atoms with Gasteiger partial charge in [0.2, 0.25) is 11.8 Å². The summed E-state index contributed by atoms with van der Waals surface area (Å²) in [7, 11) is 0. The van der Waals surface area contributed by atoms with Crippen molar-refractivity contribution in [2.45, 2.75) is 39.2 Å². The van der Waals surface area contributed by atoms with E-state index in [9.17, 15) is 4.79 Å². The van der Waals surface area contributed by atoms with Gasteiger partial charge in [0.05, 0.1) is 13.0 Å². The zero-order chi connectivity index (χ0) is 13.4. The molecular formula is C12H19N3O3. The molecule has 100 valence electrons. The minimum atomic E-state index is -0.840. The van der Waals surface area contributed by atoms with Gasteiger partial charge in [-0.3, -0.25) is 4.79 Å². The summed E-state index contributed by atoms with van der Waals surface area (Å²) in [6, 6.07) is 1.50. The molecular weight excluding hydrogens is 234 g/mol. The summed E-state index contributed by atoms with van der Waals surface area (Å²) in [6.07, 6.45) is 3.23. The number of rotatable bonds is 8. The summed E-state index contributed by atoms with van der Waals surface area (Å²) in [6.45, 7) is 4.53. The van der Waals surface area contributed by atoms with Crippen molar-refractivity contribution < 1.29 is 14.6 Å². The van der Waals surface area contributed by atoms with E-state index in [-0.39, 0.29) is 12.5 Å². The van der Waals surface area contributed by atoms with E-state index in [0.717, 1.165) is 6.42 Å². The first-order chi connectivity index (χ1) is 8.65. The fourth-order valence-electron chi connectivity index (χ4n) is 1.39. The van der Waals surface area contributed by atoms with Crippen molar-refractivity contribution in [1.82, 2.24) is 9.97 Å². The third kappa shape index (κ3) is 4.99. The van der Waals surface area contributed by atoms with Gasteiger partial charge in [0.25, 0.3) is 0 Å². The van der Waals surface area contributed by atoms with Gasteiger partial charge in [0.15, 0.2) is 0 Å². The van der Waals surface area contributed by atoms with E-state index in [1.54, 1.807) is 12.3 Å². The summed E-state index contributed by atoms with van der Waals surface area (Å²) < 4.78 is 5.38. The van der Waals surface area contributed by atoms with Gasteiger partial charge in [-0.1, -0.05) is 13.8 Å². The average Bonchev–Trinajstić information content (AvgIpc) is 2.35. The Balaban J connectivity index is 2.62. The number of ether oxygens (including phenoxy) is 1. The maximum atomic E-state index is 10.7. The Bertz CT molecular complexity index is 385. The fraction of sp³-hybridized carbons (Fsp3) is 0.583. The topological polar surface area (TPSA) is 84.3 Å². The Morgan fingerprint density at radius 1 is 1.56 bits per heavy atom. The Kier molecular flexibility index (Phi) is 5.90. The highest BCUT2D eigenvalue weighted by atomic mass is 16.5. The first-order valence-electron chi connectivity index (χ1n) is 6.09. The summed E-state index contributed by atoms with van der Waals surface area (Å²) in [5, 5.41) is 11.8. The van der Waals surface area contributed by atoms with Gasteiger partial charge in [-0.2, -0.15) is 4.98 Å². The molecule has 0 spiro atoms. The molecule has 0 amide bonds. The average molecular weight is 253 g/mol. The largest absolute Gasteiger partial charge is 0.481 e. The molecule has 0 radical (unpaired) electrons. The van der Waals surface area contributed by atoms with Gasteiger partial charge in [-0.15, -0.1) is 0 Å². The molecule has 1 atom stereocenters. The van der Waals surface area contributed by atoms with Gasteiger partial charge in [0, 0.05) is 18.3 Å². The van der Waals surface area contributed by atoms with Crippen LogP contribution in [0.25, 0.3) is 0 Å². The van der Waals surface area contributed by atoms with Gasteiger partial charge in [-0.05, 0) is 12.8 Å². The van der Waals surface area contributed by atoms with Gasteiger partial charge < -0.3 is 15.2 Å². The number of aromatic nitrogens is 2. The second-order valence-electron chi connectivity index (χ2n) is 3.91. The molecule has 1 aromatic rings. The third-order valence-electron chi connectivity index (χ3n) is 2.33. The van der Waals surface area contributed by atoms with Crippen LogP contribution in [0.15, 0.2) is 12.3 Å². The van der Waals surface area contributed by atoms with Gasteiger partial charge >= 0.3 is 5.97 Å². The first-order valence-corrected chi connectivity index (χ1v) is 6.09. The van der Waals surface area contributed by atoms with Crippen LogP contribution in [0.4, 0.5) is 5.95 Å². The summed E-state index contributed by atoms with van der Waals surface area (Å²) in [5.74, 6) is 0.0592. The molecule has 0 saturated carbocycles. The van der Waals surface area contributed by atoms with Crippen LogP contribution in [0, 0.1) is 0 Å². The highest BCUT2D eigenvalue weighted by Gasteiger charge is 2.12. The fourth-order valence-corrected chi connectivity index (χ4v) is 1.39. The highest BCUT2D eigenvalue weighted by molar-refractivity contribution is 5.68. The molecule has 1 rings (SSSR count). The Morgan fingerprint density at radius 2 is 2.33 bits per heavy atom. The quantitative estimate of drug-likeness (QED) is 0.736. The van der Waals surface area contributed by atoms with Crippen LogP contribution in [0.3, 0.4) is 0 Å². The summed E-state index contributed by atoms with van der Waals surface area (Å²) in [5.41, 5.74) is 0. The van der Waals surface area contributed by atoms with Crippen LogP contribution in [0.1, 0.15) is 33.1 Å². The van der Waals surface area contributed by atoms with E-state index < -0.39 is 5.97 Å². The number of nitrogens with zero attached hydrogens (tertiary/aromatic N) is 2. The van der Waals surface area contributed by atoms with Gasteiger partial charge in [0.1, 0.15) is 0 Å². The molecule has 1 aromatic heterocycles. The molecule has 0 aliphatic heterocycles. The lowest BCUT2D eigenvalue weighted by Gasteiger charge is -2.14. The van der Waals surface area contributed by atoms with E-state index in [4.69, 9.17) is 9.84 Å². The van der Waals surface area contributed by atoms with Crippen molar-refractivity contribution in [1.29, 1.82) is 0 Å². The van der Waals surface area contributed by atoms with Crippen LogP contribution < -0.4 is 10.1 Å². The molecule has 0 aliphatic carbocycles. The smallest absolute Gasteiger partial charge is 0.305 e. The number of carbonyl (C=O) groups is 1. The number of anilines is 1. The van der Waals surface area contributed by atoms with Crippen LogP contribution in [0.2, 0.25) is 0 Å². The summed E-state index contributed by atoms with van der Waals surface area (Å²) in [4.78, 5) is 18.9. The molecule has 6 nitrogen and oxygen atoms in total. The van der Waals surface area contributed by atoms with Crippen molar-refractivity contribution in [3.63, 3.8) is 0 Å². The third-order valence-corrected chi connectivity index (χ3v) is 2.33. The van der Waals surface area contributed by atoms with E-state index in [2.05, 4.69) is 15.3 Å². The zero-order valence-corrected chi connectivity index (χ0v) is 10.7. The number of carboxylic acids is 1. The van der Waals surface area contributed by atoms with Crippen LogP contribution >= 0.6 is 0 Å². The predicted molar refractivity (Wildman–Crippen MR) is 67.8 cm³/mol. The molecule has 1 unspecified atom stereocenters. The lowest BCUT2D eigenvalue weighted by Crippen LogP contribution is -2.23. The molecule has 18 heavy (non-hydrogen) atoms. The summed E-state index contributed by atoms with van der Waals surface area (Å²) >= 11 is 0. The van der Waals surface area contributed by atoms with Crippen molar-refractivity contribution in [2.75, 3.05) is 11.9 Å². The van der Waals surface area contributed by atoms with Crippen molar-refractivity contribution in [2.24, 2.45) is 0 Å². The number of carboxylic acid groups (broad SMARTS) is 1. The van der Waals surface area contributed by atoms with E-state index in [1.807, 2.05) is 13.8 Å². The standard InChI is InChI=1S/C12H19N3O3/c1-3-7-18-10-5-6-13-12(15-10)14-9(4-2)8-11(16)17/h5-6,9H,3-4,7-8H2,1-2H3,(H,16,17)(H,13,14,15). The zero-order valence-electron chi connectivity index (χ0n) is 10.7. The maximum absolute atomic E-state index is 10.7. The molecule has 0 saturated heterocycles. The van der Waals surface area contributed by atoms with Crippen LogP contribution in [-0.2, 0) is 4.79 Å². The van der Waals surface area contributed by atoms with Crippen molar-refractivity contribution >= 4 is 11.9 Å². The lowest BCUT2D eigenvalue weighted by atomic mass is 10.1. The minimum Gasteiger partial charge on any atom is -0.481 e. The number of nitrogens with one attached hydrogen (secondary N) is 1. The molecule has 0 bridgehead atoms. The van der Waals surface area contributed by atoms with E-state index >= 15 is 0 Å². The number of aliphatic carboxylic acids is 1. The molecule has 0 aromatic carbocycles. The Hall–Kier alpha value is -1.85. The Labute approximate surface area is 106 Å². The molecule has 0 aliphatic rings. The predicted octanol–water partition coefficient (Wildman–Crippen LogP) is 1.93. The molecule has 1 heterocycles. The lowest BCUT2D eigenvalue weighted by molar-refractivity contribution is -0.137. The first kappa shape index (κ1) is 14.2. The highest BCUT2D eigenvalue weighted by Crippen LogP contribution is 2.11. The minimum absolute atomic E-state index is 0.0416. The number of hydrogen-bond acceptors (Lipinski definition) is 5. The molecule has 0 fully saturated rings. The second-order valence-corrected chi connectivity index (χ2v) is 3.91. The maximum Gasteiger partial charge on any atom is 0.305 e. The SMILES string of the molecule is CCCOc1ccnc(NC(CC)CC(=O)O)n1. The van der Waals surface area contributed by atoms with Crippen molar-refractivity contribution in [3.8, 4) is 5.88 Å². The van der Waals surface area contributed by atoms with E-state index in [1.165, 1.54) is 0 Å². The monoisotopic (exact) mass is 253 g/mol. The second kappa shape index (κ2) is 7.47. The van der Waals surface area contributed by atoms with Crippen molar-refractivity contribution in [3.05, 3.63) is 12.3 Å². The van der Waals surface area contributed by atoms with Crippen LogP contribution in [0.5, 0.6) is 5.88 Å².